The molecule has 7 heteroatoms. The molecule has 0 bridgehead atoms. The molecule has 0 radical (unpaired) electrons. The molecule has 1 aromatic carbocycles. The minimum atomic E-state index is -3.53. The van der Waals surface area contributed by atoms with Gasteiger partial charge in [0.05, 0.1) is 4.90 Å². The summed E-state index contributed by atoms with van der Waals surface area (Å²) in [7, 11) is 0.325. The Kier molecular flexibility index (Phi) is 6.99. The van der Waals surface area contributed by atoms with Gasteiger partial charge in [0.25, 0.3) is 0 Å². The minimum absolute atomic E-state index is 0.0587. The maximum atomic E-state index is 12.2. The predicted molar refractivity (Wildman–Crippen MR) is 87.2 cm³/mol. The fraction of sp³-hybridized carbons (Fsp3) is 0.533. The second kappa shape index (κ2) is 8.26. The van der Waals surface area contributed by atoms with Crippen molar-refractivity contribution in [1.82, 2.24) is 14.5 Å². The SMILES string of the molecule is CC(=O)N(CCNS(=O)(=O)c1cccc(C)c1)CCN(C)C. The van der Waals surface area contributed by atoms with Crippen molar-refractivity contribution >= 4 is 15.9 Å². The summed E-state index contributed by atoms with van der Waals surface area (Å²) in [5.41, 5.74) is 0.888. The lowest BCUT2D eigenvalue weighted by Gasteiger charge is -2.23. The molecule has 0 unspecified atom stereocenters. The van der Waals surface area contributed by atoms with Crippen LogP contribution >= 0.6 is 0 Å². The molecule has 0 fully saturated rings. The van der Waals surface area contributed by atoms with Crippen molar-refractivity contribution in [3.05, 3.63) is 29.8 Å². The molecule has 1 aromatic rings. The molecule has 1 N–H and O–H groups in total. The lowest BCUT2D eigenvalue weighted by atomic mass is 10.2. The van der Waals surface area contributed by atoms with Gasteiger partial charge in [0, 0.05) is 33.1 Å². The maximum absolute atomic E-state index is 12.2. The van der Waals surface area contributed by atoms with Crippen molar-refractivity contribution < 1.29 is 13.2 Å². The molecule has 0 spiro atoms. The molecule has 1 amide bonds. The fourth-order valence-electron chi connectivity index (χ4n) is 1.93. The van der Waals surface area contributed by atoms with Gasteiger partial charge in [-0.3, -0.25) is 4.79 Å². The van der Waals surface area contributed by atoms with Crippen LogP contribution in [-0.4, -0.2) is 64.4 Å². The van der Waals surface area contributed by atoms with Gasteiger partial charge in [-0.15, -0.1) is 0 Å². The van der Waals surface area contributed by atoms with E-state index < -0.39 is 10.0 Å². The zero-order chi connectivity index (χ0) is 16.8. The summed E-state index contributed by atoms with van der Waals surface area (Å²) in [4.78, 5) is 15.4. The molecule has 1 rings (SSSR count). The Morgan fingerprint density at radius 3 is 2.41 bits per heavy atom. The van der Waals surface area contributed by atoms with Gasteiger partial charge in [-0.1, -0.05) is 12.1 Å². The second-order valence-corrected chi connectivity index (χ2v) is 7.29. The molecule has 0 heterocycles. The van der Waals surface area contributed by atoms with Crippen LogP contribution in [0.1, 0.15) is 12.5 Å². The van der Waals surface area contributed by atoms with Crippen molar-refractivity contribution in [2.45, 2.75) is 18.7 Å². The van der Waals surface area contributed by atoms with E-state index in [2.05, 4.69) is 4.72 Å². The predicted octanol–water partition coefficient (Wildman–Crippen LogP) is 0.683. The normalized spacial score (nSPS) is 11.7. The minimum Gasteiger partial charge on any atom is -0.340 e. The van der Waals surface area contributed by atoms with E-state index >= 15 is 0 Å². The summed E-state index contributed by atoms with van der Waals surface area (Å²) in [6, 6.07) is 6.74. The summed E-state index contributed by atoms with van der Waals surface area (Å²) >= 11 is 0. The van der Waals surface area contributed by atoms with Crippen molar-refractivity contribution in [3.63, 3.8) is 0 Å². The van der Waals surface area contributed by atoms with Crippen molar-refractivity contribution in [1.29, 1.82) is 0 Å². The molecule has 0 aliphatic rings. The molecule has 0 atom stereocenters. The summed E-state index contributed by atoms with van der Waals surface area (Å²) in [6.45, 7) is 5.21. The highest BCUT2D eigenvalue weighted by molar-refractivity contribution is 7.89. The number of rotatable bonds is 8. The van der Waals surface area contributed by atoms with E-state index in [0.29, 0.717) is 13.1 Å². The number of amides is 1. The first-order chi connectivity index (χ1) is 10.2. The Hall–Kier alpha value is -1.44. The van der Waals surface area contributed by atoms with Crippen LogP contribution in [0.3, 0.4) is 0 Å². The zero-order valence-corrected chi connectivity index (χ0v) is 14.5. The van der Waals surface area contributed by atoms with Gasteiger partial charge in [0.15, 0.2) is 0 Å². The number of hydrogen-bond donors (Lipinski definition) is 1. The van der Waals surface area contributed by atoms with E-state index in [1.807, 2.05) is 32.0 Å². The topological polar surface area (TPSA) is 69.7 Å². The van der Waals surface area contributed by atoms with Crippen LogP contribution in [0.5, 0.6) is 0 Å². The number of likely N-dealkylation sites (N-methyl/N-ethyl adjacent to an activating group) is 1. The smallest absolute Gasteiger partial charge is 0.240 e. The third-order valence-corrected chi connectivity index (χ3v) is 4.69. The Balaban J connectivity index is 2.58. The molecule has 0 aliphatic carbocycles. The van der Waals surface area contributed by atoms with Gasteiger partial charge in [-0.25, -0.2) is 13.1 Å². The summed E-state index contributed by atoms with van der Waals surface area (Å²) < 4.78 is 26.9. The molecule has 0 aromatic heterocycles. The maximum Gasteiger partial charge on any atom is 0.240 e. The number of benzene rings is 1. The van der Waals surface area contributed by atoms with E-state index in [0.717, 1.165) is 12.1 Å². The van der Waals surface area contributed by atoms with Crippen LogP contribution in [0.2, 0.25) is 0 Å². The molecule has 124 valence electrons. The summed E-state index contributed by atoms with van der Waals surface area (Å²) in [5, 5.41) is 0. The quantitative estimate of drug-likeness (QED) is 0.762. The average molecular weight is 327 g/mol. The average Bonchev–Trinajstić information content (AvgIpc) is 2.41. The monoisotopic (exact) mass is 327 g/mol. The molecule has 0 saturated heterocycles. The van der Waals surface area contributed by atoms with Gasteiger partial charge in [-0.2, -0.15) is 0 Å². The first-order valence-electron chi connectivity index (χ1n) is 7.19. The zero-order valence-electron chi connectivity index (χ0n) is 13.7. The molecule has 6 nitrogen and oxygen atoms in total. The van der Waals surface area contributed by atoms with E-state index in [9.17, 15) is 13.2 Å². The summed E-state index contributed by atoms with van der Waals surface area (Å²) in [6.07, 6.45) is 0. The number of sulfonamides is 1. The van der Waals surface area contributed by atoms with Crippen molar-refractivity contribution in [3.8, 4) is 0 Å². The van der Waals surface area contributed by atoms with Gasteiger partial charge in [-0.05, 0) is 38.7 Å². The highest BCUT2D eigenvalue weighted by Crippen LogP contribution is 2.10. The van der Waals surface area contributed by atoms with Gasteiger partial charge >= 0.3 is 0 Å². The van der Waals surface area contributed by atoms with Crippen molar-refractivity contribution in [2.75, 3.05) is 40.3 Å². The number of carbonyl (C=O) groups is 1. The highest BCUT2D eigenvalue weighted by Gasteiger charge is 2.15. The first-order valence-corrected chi connectivity index (χ1v) is 8.67. The van der Waals surface area contributed by atoms with Crippen molar-refractivity contribution in [2.24, 2.45) is 0 Å². The number of nitrogens with zero attached hydrogens (tertiary/aromatic N) is 2. The standard InChI is InChI=1S/C15H25N3O3S/c1-13-6-5-7-15(12-13)22(20,21)16-8-9-18(14(2)19)11-10-17(3)4/h5-7,12,16H,8-11H2,1-4H3. The molecule has 0 aliphatic heterocycles. The van der Waals surface area contributed by atoms with Crippen LogP contribution < -0.4 is 4.72 Å². The number of nitrogens with one attached hydrogen (secondary N) is 1. The van der Waals surface area contributed by atoms with Crippen LogP contribution in [0.25, 0.3) is 0 Å². The molecular formula is C15H25N3O3S. The van der Waals surface area contributed by atoms with E-state index in [4.69, 9.17) is 0 Å². The number of aryl methyl sites for hydroxylation is 1. The van der Waals surface area contributed by atoms with E-state index in [1.54, 1.807) is 23.1 Å². The highest BCUT2D eigenvalue weighted by atomic mass is 32.2. The molecule has 0 saturated carbocycles. The molecule has 22 heavy (non-hydrogen) atoms. The number of carbonyl (C=O) groups excluding carboxylic acids is 1. The Morgan fingerprint density at radius 1 is 1.18 bits per heavy atom. The first kappa shape index (κ1) is 18.6. The Labute approximate surface area is 133 Å². The second-order valence-electron chi connectivity index (χ2n) is 5.52. The fourth-order valence-corrected chi connectivity index (χ4v) is 3.05. The van der Waals surface area contributed by atoms with E-state index in [1.165, 1.54) is 6.92 Å². The van der Waals surface area contributed by atoms with Gasteiger partial charge in [0.1, 0.15) is 0 Å². The van der Waals surface area contributed by atoms with Crippen LogP contribution in [0.15, 0.2) is 29.2 Å². The van der Waals surface area contributed by atoms with E-state index in [-0.39, 0.29) is 17.3 Å². The van der Waals surface area contributed by atoms with Crippen LogP contribution in [0.4, 0.5) is 0 Å². The van der Waals surface area contributed by atoms with Crippen LogP contribution in [0, 0.1) is 6.92 Å². The third kappa shape index (κ3) is 6.13. The Morgan fingerprint density at radius 2 is 1.86 bits per heavy atom. The van der Waals surface area contributed by atoms with Gasteiger partial charge in [0.2, 0.25) is 15.9 Å². The number of hydrogen-bond acceptors (Lipinski definition) is 4. The van der Waals surface area contributed by atoms with Crippen LogP contribution in [-0.2, 0) is 14.8 Å². The summed E-state index contributed by atoms with van der Waals surface area (Å²) in [5.74, 6) is -0.0587. The largest absolute Gasteiger partial charge is 0.340 e. The Bertz CT molecular complexity index is 600. The lowest BCUT2D eigenvalue weighted by molar-refractivity contribution is -0.128. The molecular weight excluding hydrogens is 302 g/mol. The third-order valence-electron chi connectivity index (χ3n) is 3.24. The lowest BCUT2D eigenvalue weighted by Crippen LogP contribution is -2.40. The van der Waals surface area contributed by atoms with Gasteiger partial charge < -0.3 is 9.80 Å².